The summed E-state index contributed by atoms with van der Waals surface area (Å²) >= 11 is 0. The fourth-order valence-corrected chi connectivity index (χ4v) is 4.83. The molecule has 0 unspecified atom stereocenters. The van der Waals surface area contributed by atoms with E-state index in [0.29, 0.717) is 49.3 Å². The topological polar surface area (TPSA) is 113 Å². The molecule has 2 saturated heterocycles. The molecule has 2 aliphatic rings. The van der Waals surface area contributed by atoms with Crippen molar-refractivity contribution in [3.63, 3.8) is 0 Å². The second kappa shape index (κ2) is 12.0. The van der Waals surface area contributed by atoms with E-state index in [9.17, 15) is 10.1 Å². The number of benzene rings is 2. The molecule has 3 heterocycles. The van der Waals surface area contributed by atoms with Crippen LogP contribution in [0, 0.1) is 11.3 Å². The fraction of sp³-hybridized carbons (Fsp3) is 0.379. The minimum Gasteiger partial charge on any atom is -0.495 e. The highest BCUT2D eigenvalue weighted by Gasteiger charge is 2.21. The van der Waals surface area contributed by atoms with Gasteiger partial charge < -0.3 is 29.3 Å². The van der Waals surface area contributed by atoms with Crippen LogP contribution in [0.2, 0.25) is 0 Å². The molecule has 1 N–H and O–H groups in total. The lowest BCUT2D eigenvalue weighted by molar-refractivity contribution is -0.129. The zero-order valence-corrected chi connectivity index (χ0v) is 22.2. The van der Waals surface area contributed by atoms with Crippen LogP contribution in [-0.2, 0) is 9.53 Å². The molecule has 202 valence electrons. The van der Waals surface area contributed by atoms with Crippen molar-refractivity contribution in [3.8, 4) is 29.0 Å². The Morgan fingerprint density at radius 3 is 2.59 bits per heavy atom. The van der Waals surface area contributed by atoms with E-state index in [1.807, 2.05) is 35.2 Å². The van der Waals surface area contributed by atoms with Crippen molar-refractivity contribution in [2.24, 2.45) is 0 Å². The van der Waals surface area contributed by atoms with Crippen molar-refractivity contribution in [1.82, 2.24) is 14.9 Å². The van der Waals surface area contributed by atoms with Crippen molar-refractivity contribution in [2.45, 2.75) is 25.9 Å². The predicted octanol–water partition coefficient (Wildman–Crippen LogP) is 3.99. The van der Waals surface area contributed by atoms with Crippen LogP contribution in [-0.4, -0.2) is 73.4 Å². The number of hydrogen-bond acceptors (Lipinski definition) is 9. The highest BCUT2D eigenvalue weighted by atomic mass is 16.5. The van der Waals surface area contributed by atoms with Gasteiger partial charge in [0, 0.05) is 69.5 Å². The molecule has 2 aliphatic heterocycles. The summed E-state index contributed by atoms with van der Waals surface area (Å²) in [5.74, 6) is 2.53. The highest BCUT2D eigenvalue weighted by Crippen LogP contribution is 2.33. The summed E-state index contributed by atoms with van der Waals surface area (Å²) in [5, 5.41) is 13.1. The molecule has 1 amide bonds. The van der Waals surface area contributed by atoms with Crippen molar-refractivity contribution in [1.29, 1.82) is 5.26 Å². The SMILES string of the molecule is COc1cc(Nc2ccnc(-c3ccc(OC4CCOCC4)c(C#N)c3)n2)ccc1N1CCN(C(C)=O)CC1. The summed E-state index contributed by atoms with van der Waals surface area (Å²) in [6, 6.07) is 15.4. The second-order valence-corrected chi connectivity index (χ2v) is 9.52. The maximum atomic E-state index is 11.7. The second-order valence-electron chi connectivity index (χ2n) is 9.52. The van der Waals surface area contributed by atoms with Crippen LogP contribution in [0.3, 0.4) is 0 Å². The third-order valence-electron chi connectivity index (χ3n) is 6.99. The van der Waals surface area contributed by atoms with Crippen LogP contribution in [0.5, 0.6) is 11.5 Å². The molecule has 10 heteroatoms. The summed E-state index contributed by atoms with van der Waals surface area (Å²) in [4.78, 5) is 24.8. The zero-order valence-electron chi connectivity index (χ0n) is 22.2. The number of anilines is 3. The number of amides is 1. The molecule has 0 aliphatic carbocycles. The maximum Gasteiger partial charge on any atom is 0.219 e. The predicted molar refractivity (Wildman–Crippen MR) is 147 cm³/mol. The standard InChI is InChI=1S/C29H32N6O4/c1-20(36)34-11-13-35(14-12-34)25-5-4-23(18-27(25)37-2)32-28-7-10-31-29(33-28)21-3-6-26(22(17-21)19-30)39-24-8-15-38-16-9-24/h3-7,10,17-18,24H,8-9,11-16H2,1-2H3,(H,31,32,33). The molecule has 2 aromatic carbocycles. The monoisotopic (exact) mass is 528 g/mol. The van der Waals surface area contributed by atoms with Gasteiger partial charge in [0.2, 0.25) is 5.91 Å². The number of ether oxygens (including phenoxy) is 3. The van der Waals surface area contributed by atoms with Gasteiger partial charge in [-0.1, -0.05) is 0 Å². The molecule has 10 nitrogen and oxygen atoms in total. The lowest BCUT2D eigenvalue weighted by Crippen LogP contribution is -2.48. The average molecular weight is 529 g/mol. The first-order chi connectivity index (χ1) is 19.0. The normalized spacial score (nSPS) is 15.9. The van der Waals surface area contributed by atoms with Gasteiger partial charge >= 0.3 is 0 Å². The third kappa shape index (κ3) is 6.21. The summed E-state index contributed by atoms with van der Waals surface area (Å²) < 4.78 is 17.2. The molecule has 3 aromatic rings. The molecular weight excluding hydrogens is 496 g/mol. The first-order valence-electron chi connectivity index (χ1n) is 13.1. The van der Waals surface area contributed by atoms with Gasteiger partial charge in [0.05, 0.1) is 31.6 Å². The largest absolute Gasteiger partial charge is 0.495 e. The van der Waals surface area contributed by atoms with Crippen molar-refractivity contribution >= 4 is 23.1 Å². The van der Waals surface area contributed by atoms with Crippen LogP contribution in [0.25, 0.3) is 11.4 Å². The van der Waals surface area contributed by atoms with Crippen LogP contribution in [0.4, 0.5) is 17.2 Å². The van der Waals surface area contributed by atoms with Gasteiger partial charge in [-0.05, 0) is 36.4 Å². The van der Waals surface area contributed by atoms with Gasteiger partial charge in [-0.2, -0.15) is 5.26 Å². The molecule has 1 aromatic heterocycles. The maximum absolute atomic E-state index is 11.7. The van der Waals surface area contributed by atoms with E-state index >= 15 is 0 Å². The van der Waals surface area contributed by atoms with E-state index in [1.165, 1.54) is 0 Å². The number of aromatic nitrogens is 2. The van der Waals surface area contributed by atoms with E-state index < -0.39 is 0 Å². The lowest BCUT2D eigenvalue weighted by Gasteiger charge is -2.36. The van der Waals surface area contributed by atoms with Crippen LogP contribution in [0.1, 0.15) is 25.3 Å². The van der Waals surface area contributed by atoms with E-state index in [1.54, 1.807) is 32.4 Å². The minimum absolute atomic E-state index is 0.0500. The van der Waals surface area contributed by atoms with Gasteiger partial charge in [-0.25, -0.2) is 9.97 Å². The average Bonchev–Trinajstić information content (AvgIpc) is 2.98. The first kappa shape index (κ1) is 26.3. The van der Waals surface area contributed by atoms with E-state index in [-0.39, 0.29) is 12.0 Å². The Morgan fingerprint density at radius 2 is 1.87 bits per heavy atom. The number of nitrogens with one attached hydrogen (secondary N) is 1. The molecule has 0 radical (unpaired) electrons. The Hall–Kier alpha value is -4.36. The van der Waals surface area contributed by atoms with Gasteiger partial charge in [-0.15, -0.1) is 0 Å². The first-order valence-corrected chi connectivity index (χ1v) is 13.1. The van der Waals surface area contributed by atoms with Crippen molar-refractivity contribution in [3.05, 3.63) is 54.2 Å². The Balaban J connectivity index is 1.30. The molecule has 2 fully saturated rings. The molecule has 0 bridgehead atoms. The third-order valence-corrected chi connectivity index (χ3v) is 6.99. The molecule has 39 heavy (non-hydrogen) atoms. The summed E-state index contributed by atoms with van der Waals surface area (Å²) in [6.07, 6.45) is 3.36. The Labute approximate surface area is 228 Å². The van der Waals surface area contributed by atoms with Crippen LogP contribution < -0.4 is 19.7 Å². The smallest absolute Gasteiger partial charge is 0.219 e. The molecular formula is C29H32N6O4. The minimum atomic E-state index is 0.0500. The molecule has 5 rings (SSSR count). The van der Waals surface area contributed by atoms with Gasteiger partial charge in [0.15, 0.2) is 5.82 Å². The quantitative estimate of drug-likeness (QED) is 0.486. The zero-order chi connectivity index (χ0) is 27.2. The number of nitrogens with zero attached hydrogens (tertiary/aromatic N) is 5. The Morgan fingerprint density at radius 1 is 1.08 bits per heavy atom. The number of carbonyl (C=O) groups excluding carboxylic acids is 1. The van der Waals surface area contributed by atoms with Gasteiger partial charge in [-0.3, -0.25) is 4.79 Å². The van der Waals surface area contributed by atoms with Crippen LogP contribution >= 0.6 is 0 Å². The fourth-order valence-electron chi connectivity index (χ4n) is 4.83. The number of carbonyl (C=O) groups is 1. The van der Waals surface area contributed by atoms with E-state index in [0.717, 1.165) is 48.6 Å². The van der Waals surface area contributed by atoms with Crippen molar-refractivity contribution in [2.75, 3.05) is 56.7 Å². The van der Waals surface area contributed by atoms with Crippen molar-refractivity contribution < 1.29 is 19.0 Å². The number of methoxy groups -OCH3 is 1. The molecule has 0 saturated carbocycles. The molecule has 0 spiro atoms. The van der Waals surface area contributed by atoms with Gasteiger partial charge in [0.25, 0.3) is 0 Å². The summed E-state index contributed by atoms with van der Waals surface area (Å²) in [6.45, 7) is 5.84. The van der Waals surface area contributed by atoms with Gasteiger partial charge in [0.1, 0.15) is 29.5 Å². The lowest BCUT2D eigenvalue weighted by atomic mass is 10.1. The highest BCUT2D eigenvalue weighted by molar-refractivity contribution is 5.74. The summed E-state index contributed by atoms with van der Waals surface area (Å²) in [7, 11) is 1.65. The van der Waals surface area contributed by atoms with Crippen LogP contribution in [0.15, 0.2) is 48.7 Å². The number of piperazine rings is 1. The number of hydrogen-bond donors (Lipinski definition) is 1. The molecule has 0 atom stereocenters. The Kier molecular flexibility index (Phi) is 8.08. The van der Waals surface area contributed by atoms with E-state index in [2.05, 4.69) is 26.3 Å². The number of rotatable bonds is 7. The Bertz CT molecular complexity index is 1360. The summed E-state index contributed by atoms with van der Waals surface area (Å²) in [5.41, 5.74) is 2.99. The number of nitriles is 1. The van der Waals surface area contributed by atoms with E-state index in [4.69, 9.17) is 14.2 Å².